The zero-order chi connectivity index (χ0) is 32.8. The van der Waals surface area contributed by atoms with Crippen molar-refractivity contribution in [2.45, 2.75) is 26.9 Å². The summed E-state index contributed by atoms with van der Waals surface area (Å²) in [5.41, 5.74) is 3.34. The van der Waals surface area contributed by atoms with Crippen LogP contribution in [0.4, 0.5) is 17.1 Å². The fraction of sp³-hybridized carbons (Fsp3) is 0.0789. The Bertz CT molecular complexity index is 1930. The number of hydrogen-bond donors (Lipinski definition) is 2. The minimum Gasteiger partial charge on any atom is -0.496 e. The molecule has 5 aromatic carbocycles. The third-order valence-corrected chi connectivity index (χ3v) is 9.58. The van der Waals surface area contributed by atoms with Gasteiger partial charge in [0.1, 0.15) is 11.4 Å². The smallest absolute Gasteiger partial charge is 0.272 e. The fourth-order valence-corrected chi connectivity index (χ4v) is 7.13. The quantitative estimate of drug-likeness (QED) is 0.122. The third-order valence-electron chi connectivity index (χ3n) is 7.37. The molecular weight excluding hydrogens is 627 g/mol. The van der Waals surface area contributed by atoms with Gasteiger partial charge in [0, 0.05) is 31.5 Å². The second kappa shape index (κ2) is 14.5. The van der Waals surface area contributed by atoms with Crippen molar-refractivity contribution in [3.8, 4) is 5.75 Å². The summed E-state index contributed by atoms with van der Waals surface area (Å²) in [7, 11) is 1.55. The van der Waals surface area contributed by atoms with Gasteiger partial charge >= 0.3 is 0 Å². The number of fused-ring (bicyclic) bond motifs is 2. The zero-order valence-corrected chi connectivity index (χ0v) is 27.3. The van der Waals surface area contributed by atoms with Crippen molar-refractivity contribution >= 4 is 64.4 Å². The summed E-state index contributed by atoms with van der Waals surface area (Å²) in [4.78, 5) is 45.4. The molecule has 0 spiro atoms. The second-order valence-electron chi connectivity index (χ2n) is 10.6. The van der Waals surface area contributed by atoms with Crippen LogP contribution in [0.15, 0.2) is 148 Å². The molecule has 7 nitrogen and oxygen atoms in total. The molecule has 47 heavy (non-hydrogen) atoms. The SMILES string of the molecule is COc1ccccc1/C=C(/NC(=O)c1ccccc1)C(=O)Nc1cccc(SC(C)C(=O)N2c3ccccc3Sc3ccccc32)c1. The van der Waals surface area contributed by atoms with Gasteiger partial charge in [-0.1, -0.05) is 78.5 Å². The first-order valence-electron chi connectivity index (χ1n) is 14.9. The molecule has 1 atom stereocenters. The standard InChI is InChI=1S/C38H31N3O4S2/c1-25(38(44)41-31-18-7-10-21-34(31)47-35-22-11-8-19-32(35)41)46-29-17-12-16-28(24-29)39-37(43)30(23-27-15-6-9-20-33(27)45-2)40-36(42)26-13-4-3-5-14-26/h3-25H,1-2H3,(H,39,43)(H,40,42)/b30-23+. The molecule has 5 aromatic rings. The van der Waals surface area contributed by atoms with Crippen LogP contribution in [0.2, 0.25) is 0 Å². The number of nitrogens with zero attached hydrogens (tertiary/aromatic N) is 1. The molecule has 0 aromatic heterocycles. The number of carbonyl (C=O) groups is 3. The summed E-state index contributed by atoms with van der Waals surface area (Å²) in [5.74, 6) is -0.417. The maximum Gasteiger partial charge on any atom is 0.272 e. The van der Waals surface area contributed by atoms with Gasteiger partial charge in [-0.3, -0.25) is 19.3 Å². The van der Waals surface area contributed by atoms with Crippen LogP contribution < -0.4 is 20.3 Å². The van der Waals surface area contributed by atoms with Crippen molar-refractivity contribution < 1.29 is 19.1 Å². The third kappa shape index (κ3) is 7.27. The molecule has 1 heterocycles. The van der Waals surface area contributed by atoms with E-state index in [1.807, 2.05) is 91.9 Å². The van der Waals surface area contributed by atoms with E-state index >= 15 is 0 Å². The summed E-state index contributed by atoms with van der Waals surface area (Å²) >= 11 is 3.06. The van der Waals surface area contributed by atoms with Crippen molar-refractivity contribution in [3.63, 3.8) is 0 Å². The molecule has 0 saturated carbocycles. The minimum atomic E-state index is -0.509. The van der Waals surface area contributed by atoms with Crippen LogP contribution in [0, 0.1) is 0 Å². The first-order valence-corrected chi connectivity index (χ1v) is 16.6. The lowest BCUT2D eigenvalue weighted by molar-refractivity contribution is -0.117. The molecule has 1 aliphatic rings. The number of para-hydroxylation sites is 3. The summed E-state index contributed by atoms with van der Waals surface area (Å²) in [6, 6.07) is 39.1. The molecular formula is C38H31N3O4S2. The van der Waals surface area contributed by atoms with E-state index in [9.17, 15) is 14.4 Å². The van der Waals surface area contributed by atoms with Crippen LogP contribution >= 0.6 is 23.5 Å². The topological polar surface area (TPSA) is 87.7 Å². The lowest BCUT2D eigenvalue weighted by Crippen LogP contribution is -2.34. The number of rotatable bonds is 9. The van der Waals surface area contributed by atoms with Gasteiger partial charge in [-0.05, 0) is 73.7 Å². The van der Waals surface area contributed by atoms with Crippen LogP contribution in [0.3, 0.4) is 0 Å². The van der Waals surface area contributed by atoms with E-state index < -0.39 is 17.1 Å². The molecule has 0 fully saturated rings. The van der Waals surface area contributed by atoms with Gasteiger partial charge in [-0.25, -0.2) is 0 Å². The van der Waals surface area contributed by atoms with Gasteiger partial charge < -0.3 is 15.4 Å². The number of carbonyl (C=O) groups excluding carboxylic acids is 3. The number of ether oxygens (including phenoxy) is 1. The first-order chi connectivity index (χ1) is 22.9. The Labute approximate surface area is 282 Å². The van der Waals surface area contributed by atoms with Gasteiger partial charge in [-0.2, -0.15) is 0 Å². The molecule has 0 radical (unpaired) electrons. The molecule has 1 aliphatic heterocycles. The van der Waals surface area contributed by atoms with E-state index in [4.69, 9.17) is 4.74 Å². The number of thioether (sulfide) groups is 1. The summed E-state index contributed by atoms with van der Waals surface area (Å²) < 4.78 is 5.46. The highest BCUT2D eigenvalue weighted by Gasteiger charge is 2.31. The maximum absolute atomic E-state index is 14.0. The Hall–Kier alpha value is -5.25. The van der Waals surface area contributed by atoms with Gasteiger partial charge in [0.2, 0.25) is 5.91 Å². The van der Waals surface area contributed by atoms with Crippen LogP contribution in [0.25, 0.3) is 6.08 Å². The molecule has 0 bridgehead atoms. The number of hydrogen-bond acceptors (Lipinski definition) is 6. The normalized spacial score (nSPS) is 12.7. The average Bonchev–Trinajstić information content (AvgIpc) is 3.10. The van der Waals surface area contributed by atoms with Crippen LogP contribution in [-0.4, -0.2) is 30.1 Å². The van der Waals surface area contributed by atoms with E-state index in [0.717, 1.165) is 26.1 Å². The zero-order valence-electron chi connectivity index (χ0n) is 25.7. The second-order valence-corrected chi connectivity index (χ2v) is 13.1. The van der Waals surface area contributed by atoms with Gasteiger partial charge in [-0.15, -0.1) is 11.8 Å². The van der Waals surface area contributed by atoms with Crippen molar-refractivity contribution in [1.29, 1.82) is 0 Å². The highest BCUT2D eigenvalue weighted by Crippen LogP contribution is 2.48. The molecule has 9 heteroatoms. The molecule has 2 N–H and O–H groups in total. The summed E-state index contributed by atoms with van der Waals surface area (Å²) in [5, 5.41) is 5.25. The van der Waals surface area contributed by atoms with Crippen LogP contribution in [-0.2, 0) is 9.59 Å². The van der Waals surface area contributed by atoms with E-state index in [2.05, 4.69) is 10.6 Å². The highest BCUT2D eigenvalue weighted by molar-refractivity contribution is 8.00. The van der Waals surface area contributed by atoms with E-state index in [1.54, 1.807) is 72.3 Å². The average molecular weight is 658 g/mol. The van der Waals surface area contributed by atoms with E-state index in [-0.39, 0.29) is 11.6 Å². The Morgan fingerprint density at radius 1 is 0.787 bits per heavy atom. The lowest BCUT2D eigenvalue weighted by Gasteiger charge is -2.32. The van der Waals surface area contributed by atoms with E-state index in [0.29, 0.717) is 22.6 Å². The van der Waals surface area contributed by atoms with Crippen molar-refractivity contribution in [2.75, 3.05) is 17.3 Å². The van der Waals surface area contributed by atoms with Crippen molar-refractivity contribution in [2.24, 2.45) is 0 Å². The Morgan fingerprint density at radius 3 is 2.13 bits per heavy atom. The van der Waals surface area contributed by atoms with E-state index in [1.165, 1.54) is 11.8 Å². The molecule has 0 saturated heterocycles. The summed E-state index contributed by atoms with van der Waals surface area (Å²) in [6.45, 7) is 1.89. The molecule has 0 aliphatic carbocycles. The molecule has 6 rings (SSSR count). The van der Waals surface area contributed by atoms with Gasteiger partial charge in [0.05, 0.1) is 23.7 Å². The predicted octanol–water partition coefficient (Wildman–Crippen LogP) is 8.41. The monoisotopic (exact) mass is 657 g/mol. The fourth-order valence-electron chi connectivity index (χ4n) is 5.11. The molecule has 234 valence electrons. The number of benzene rings is 5. The number of methoxy groups -OCH3 is 1. The minimum absolute atomic E-state index is 0.0460. The maximum atomic E-state index is 14.0. The largest absolute Gasteiger partial charge is 0.496 e. The lowest BCUT2D eigenvalue weighted by atomic mass is 10.1. The van der Waals surface area contributed by atoms with Crippen molar-refractivity contribution in [3.05, 3.63) is 144 Å². The predicted molar refractivity (Wildman–Crippen MR) is 189 cm³/mol. The number of amides is 3. The number of anilines is 3. The van der Waals surface area contributed by atoms with Gasteiger partial charge in [0.15, 0.2) is 0 Å². The van der Waals surface area contributed by atoms with Crippen molar-refractivity contribution in [1.82, 2.24) is 5.32 Å². The molecule has 1 unspecified atom stereocenters. The van der Waals surface area contributed by atoms with Crippen LogP contribution in [0.5, 0.6) is 5.75 Å². The van der Waals surface area contributed by atoms with Crippen LogP contribution in [0.1, 0.15) is 22.8 Å². The Kier molecular flexibility index (Phi) is 9.75. The molecule has 3 amide bonds. The Morgan fingerprint density at radius 2 is 1.43 bits per heavy atom. The van der Waals surface area contributed by atoms with Gasteiger partial charge in [0.25, 0.3) is 11.8 Å². The number of nitrogens with one attached hydrogen (secondary N) is 2. The summed E-state index contributed by atoms with van der Waals surface area (Å²) in [6.07, 6.45) is 1.58. The highest BCUT2D eigenvalue weighted by atomic mass is 32.2. The first kappa shape index (κ1) is 31.7. The Balaban J connectivity index is 1.22.